The Labute approximate surface area is 117 Å². The van der Waals surface area contributed by atoms with Gasteiger partial charge in [-0.1, -0.05) is 22.0 Å². The molecule has 0 bridgehead atoms. The van der Waals surface area contributed by atoms with Gasteiger partial charge in [-0.15, -0.1) is 0 Å². The minimum absolute atomic E-state index is 0.730. The van der Waals surface area contributed by atoms with Crippen LogP contribution in [0.25, 0.3) is 0 Å². The minimum atomic E-state index is 0.730. The van der Waals surface area contributed by atoms with E-state index in [1.807, 2.05) is 30.3 Å². The van der Waals surface area contributed by atoms with Gasteiger partial charge >= 0.3 is 0 Å². The summed E-state index contributed by atoms with van der Waals surface area (Å²) in [4.78, 5) is 0. The molecule has 0 amide bonds. The predicted molar refractivity (Wildman–Crippen MR) is 81.0 cm³/mol. The summed E-state index contributed by atoms with van der Waals surface area (Å²) in [6.07, 6.45) is 0. The topological polar surface area (TPSA) is 38.0 Å². The molecule has 0 unspecified atom stereocenters. The lowest BCUT2D eigenvalue weighted by atomic mass is 10.2. The second-order valence-electron chi connectivity index (χ2n) is 3.37. The van der Waals surface area contributed by atoms with Crippen molar-refractivity contribution in [2.75, 3.05) is 11.1 Å². The van der Waals surface area contributed by atoms with Crippen LogP contribution in [0.4, 0.5) is 17.1 Å². The maximum atomic E-state index is 5.91. The van der Waals surface area contributed by atoms with Crippen molar-refractivity contribution in [3.05, 3.63) is 50.5 Å². The molecule has 2 aromatic rings. The van der Waals surface area contributed by atoms with Gasteiger partial charge in [0.15, 0.2) is 0 Å². The first kappa shape index (κ1) is 11.7. The molecule has 4 heteroatoms. The van der Waals surface area contributed by atoms with E-state index in [0.29, 0.717) is 0 Å². The maximum Gasteiger partial charge on any atom is 0.0618 e. The molecule has 82 valence electrons. The van der Waals surface area contributed by atoms with Crippen LogP contribution in [0, 0.1) is 3.57 Å². The fraction of sp³-hybridized carbons (Fsp3) is 0. The lowest BCUT2D eigenvalue weighted by molar-refractivity contribution is 1.52. The second kappa shape index (κ2) is 5.05. The van der Waals surface area contributed by atoms with Gasteiger partial charge in [0.1, 0.15) is 0 Å². The summed E-state index contributed by atoms with van der Waals surface area (Å²) in [5.74, 6) is 0. The van der Waals surface area contributed by atoms with E-state index >= 15 is 0 Å². The molecule has 0 fully saturated rings. The van der Waals surface area contributed by atoms with Crippen LogP contribution < -0.4 is 11.1 Å². The summed E-state index contributed by atoms with van der Waals surface area (Å²) < 4.78 is 2.18. The van der Waals surface area contributed by atoms with E-state index < -0.39 is 0 Å². The molecule has 0 heterocycles. The minimum Gasteiger partial charge on any atom is -0.397 e. The van der Waals surface area contributed by atoms with Gasteiger partial charge in [-0.2, -0.15) is 0 Å². The lowest BCUT2D eigenvalue weighted by Crippen LogP contribution is -1.96. The monoisotopic (exact) mass is 388 g/mol. The number of rotatable bonds is 2. The second-order valence-corrected chi connectivity index (χ2v) is 5.53. The van der Waals surface area contributed by atoms with Crippen LogP contribution in [0.3, 0.4) is 0 Å². The molecule has 0 aliphatic carbocycles. The third kappa shape index (κ3) is 2.89. The van der Waals surface area contributed by atoms with Gasteiger partial charge in [0, 0.05) is 13.7 Å². The first-order valence-corrected chi connectivity index (χ1v) is 6.60. The molecule has 0 saturated carbocycles. The summed E-state index contributed by atoms with van der Waals surface area (Å²) >= 11 is 5.67. The quantitative estimate of drug-likeness (QED) is 0.591. The summed E-state index contributed by atoms with van der Waals surface area (Å²) in [6, 6.07) is 14.0. The molecule has 0 aliphatic rings. The van der Waals surface area contributed by atoms with E-state index in [2.05, 4.69) is 56.0 Å². The largest absolute Gasteiger partial charge is 0.397 e. The first-order valence-electron chi connectivity index (χ1n) is 4.73. The van der Waals surface area contributed by atoms with Gasteiger partial charge in [-0.3, -0.25) is 0 Å². The van der Waals surface area contributed by atoms with Gasteiger partial charge in [-0.05, 0) is 59.0 Å². The zero-order chi connectivity index (χ0) is 11.5. The summed E-state index contributed by atoms with van der Waals surface area (Å²) in [7, 11) is 0. The highest BCUT2D eigenvalue weighted by Gasteiger charge is 2.00. The summed E-state index contributed by atoms with van der Waals surface area (Å²) in [6.45, 7) is 0. The van der Waals surface area contributed by atoms with E-state index in [1.54, 1.807) is 0 Å². The Bertz CT molecular complexity index is 514. The van der Waals surface area contributed by atoms with E-state index in [1.165, 1.54) is 3.57 Å². The van der Waals surface area contributed by atoms with Crippen LogP contribution in [-0.4, -0.2) is 0 Å². The molecule has 2 aromatic carbocycles. The van der Waals surface area contributed by atoms with Crippen molar-refractivity contribution < 1.29 is 0 Å². The Balaban J connectivity index is 2.27. The Kier molecular flexibility index (Phi) is 3.70. The number of nitrogen functional groups attached to an aromatic ring is 1. The third-order valence-corrected chi connectivity index (χ3v) is 3.28. The highest BCUT2D eigenvalue weighted by Crippen LogP contribution is 2.26. The molecule has 0 spiro atoms. The average Bonchev–Trinajstić information content (AvgIpc) is 2.22. The highest BCUT2D eigenvalue weighted by atomic mass is 127. The highest BCUT2D eigenvalue weighted by molar-refractivity contribution is 14.1. The Morgan fingerprint density at radius 3 is 2.62 bits per heavy atom. The van der Waals surface area contributed by atoms with Gasteiger partial charge in [0.05, 0.1) is 11.4 Å². The summed E-state index contributed by atoms with van der Waals surface area (Å²) in [5.41, 5.74) is 8.61. The SMILES string of the molecule is Nc1cc(Br)ccc1Nc1cccc(I)c1. The van der Waals surface area contributed by atoms with E-state index in [4.69, 9.17) is 5.73 Å². The number of halogens is 2. The molecule has 0 atom stereocenters. The van der Waals surface area contributed by atoms with Gasteiger partial charge in [0.2, 0.25) is 0 Å². The van der Waals surface area contributed by atoms with Crippen LogP contribution in [-0.2, 0) is 0 Å². The lowest BCUT2D eigenvalue weighted by Gasteiger charge is -2.09. The molecular formula is C12H10BrIN2. The van der Waals surface area contributed by atoms with Crippen molar-refractivity contribution in [3.8, 4) is 0 Å². The average molecular weight is 389 g/mol. The maximum absolute atomic E-state index is 5.91. The van der Waals surface area contributed by atoms with E-state index in [9.17, 15) is 0 Å². The van der Waals surface area contributed by atoms with Crippen molar-refractivity contribution in [1.29, 1.82) is 0 Å². The van der Waals surface area contributed by atoms with Crippen LogP contribution in [0.15, 0.2) is 46.9 Å². The molecule has 0 radical (unpaired) electrons. The van der Waals surface area contributed by atoms with Crippen molar-refractivity contribution in [2.24, 2.45) is 0 Å². The first-order chi connectivity index (χ1) is 7.65. The molecule has 3 N–H and O–H groups in total. The van der Waals surface area contributed by atoms with E-state index in [0.717, 1.165) is 21.5 Å². The fourth-order valence-electron chi connectivity index (χ4n) is 1.37. The van der Waals surface area contributed by atoms with Crippen LogP contribution in [0.1, 0.15) is 0 Å². The van der Waals surface area contributed by atoms with Crippen molar-refractivity contribution in [3.63, 3.8) is 0 Å². The smallest absolute Gasteiger partial charge is 0.0618 e. The number of anilines is 3. The fourth-order valence-corrected chi connectivity index (χ4v) is 2.29. The van der Waals surface area contributed by atoms with E-state index in [-0.39, 0.29) is 0 Å². The Morgan fingerprint density at radius 2 is 1.94 bits per heavy atom. The number of hydrogen-bond acceptors (Lipinski definition) is 2. The Hall–Kier alpha value is -0.750. The number of benzene rings is 2. The molecule has 0 aromatic heterocycles. The van der Waals surface area contributed by atoms with Gasteiger partial charge in [0.25, 0.3) is 0 Å². The number of nitrogens with one attached hydrogen (secondary N) is 1. The Morgan fingerprint density at radius 1 is 1.12 bits per heavy atom. The molecule has 0 saturated heterocycles. The molecule has 2 nitrogen and oxygen atoms in total. The zero-order valence-corrected chi connectivity index (χ0v) is 12.1. The third-order valence-electron chi connectivity index (χ3n) is 2.12. The van der Waals surface area contributed by atoms with Crippen molar-refractivity contribution in [1.82, 2.24) is 0 Å². The molecule has 2 rings (SSSR count). The van der Waals surface area contributed by atoms with Crippen LogP contribution in [0.2, 0.25) is 0 Å². The van der Waals surface area contributed by atoms with Gasteiger partial charge in [-0.25, -0.2) is 0 Å². The molecular weight excluding hydrogens is 379 g/mol. The van der Waals surface area contributed by atoms with Crippen LogP contribution in [0.5, 0.6) is 0 Å². The van der Waals surface area contributed by atoms with Crippen LogP contribution >= 0.6 is 38.5 Å². The molecule has 0 aliphatic heterocycles. The molecule has 16 heavy (non-hydrogen) atoms. The summed E-state index contributed by atoms with van der Waals surface area (Å²) in [5, 5.41) is 3.29. The predicted octanol–water partition coefficient (Wildman–Crippen LogP) is 4.38. The zero-order valence-electron chi connectivity index (χ0n) is 8.37. The number of nitrogens with two attached hydrogens (primary N) is 1. The normalized spacial score (nSPS) is 10.1. The van der Waals surface area contributed by atoms with Crippen molar-refractivity contribution >= 4 is 55.6 Å². The standard InChI is InChI=1S/C12H10BrIN2/c13-8-4-5-12(11(15)6-8)16-10-3-1-2-9(14)7-10/h1-7,16H,15H2. The number of hydrogen-bond donors (Lipinski definition) is 2. The van der Waals surface area contributed by atoms with Crippen molar-refractivity contribution in [2.45, 2.75) is 0 Å². The van der Waals surface area contributed by atoms with Gasteiger partial charge < -0.3 is 11.1 Å².